The van der Waals surface area contributed by atoms with Gasteiger partial charge in [0.2, 0.25) is 11.8 Å². The number of nitrogens with zero attached hydrogens (tertiary/aromatic N) is 5. The Balaban J connectivity index is 1.09. The molecule has 5 aromatic rings. The van der Waals surface area contributed by atoms with Crippen LogP contribution in [-0.2, 0) is 22.5 Å². The number of hydrogen-bond acceptors (Lipinski definition) is 9. The molecule has 16 heteroatoms. The second kappa shape index (κ2) is 14.7. The fourth-order valence-corrected chi connectivity index (χ4v) is 9.30. The maximum absolute atomic E-state index is 14.1. The zero-order valence-corrected chi connectivity index (χ0v) is 32.6. The minimum absolute atomic E-state index is 0.0498. The summed E-state index contributed by atoms with van der Waals surface area (Å²) in [6, 6.07) is 13.6. The first-order chi connectivity index (χ1) is 27.1. The van der Waals surface area contributed by atoms with Crippen molar-refractivity contribution in [3.8, 4) is 17.1 Å². The number of alkyl halides is 3. The average Bonchev–Trinajstić information content (AvgIpc) is 4.10. The van der Waals surface area contributed by atoms with Gasteiger partial charge in [-0.2, -0.15) is 18.2 Å². The molecule has 2 saturated carbocycles. The van der Waals surface area contributed by atoms with Gasteiger partial charge in [-0.05, 0) is 93.2 Å². The number of carboxylic acids is 1. The molecular weight excluding hydrogens is 760 g/mol. The van der Waals surface area contributed by atoms with E-state index in [1.165, 1.54) is 41.7 Å². The van der Waals surface area contributed by atoms with Gasteiger partial charge in [-0.1, -0.05) is 43.5 Å². The molecule has 1 saturated heterocycles. The molecule has 0 radical (unpaired) electrons. The molecule has 3 N–H and O–H groups in total. The molecule has 3 atom stereocenters. The lowest BCUT2D eigenvalue weighted by atomic mass is 9.90. The van der Waals surface area contributed by atoms with Gasteiger partial charge in [0.1, 0.15) is 17.5 Å². The molecule has 12 nitrogen and oxygen atoms in total. The Bertz CT molecular complexity index is 2440. The number of carbonyl (C=O) groups is 1. The molecule has 2 aliphatic carbocycles. The van der Waals surface area contributed by atoms with Crippen LogP contribution in [-0.4, -0.2) is 62.8 Å². The van der Waals surface area contributed by atoms with Gasteiger partial charge in [-0.25, -0.2) is 27.9 Å². The van der Waals surface area contributed by atoms with Crippen LogP contribution in [0.25, 0.3) is 22.4 Å². The number of ether oxygens (including phenoxy) is 1. The van der Waals surface area contributed by atoms with Gasteiger partial charge < -0.3 is 19.7 Å². The van der Waals surface area contributed by atoms with E-state index < -0.39 is 27.6 Å². The largest absolute Gasteiger partial charge is 0.478 e. The zero-order chi connectivity index (χ0) is 40.3. The highest BCUT2D eigenvalue weighted by Gasteiger charge is 2.65. The van der Waals surface area contributed by atoms with Gasteiger partial charge in [-0.3, -0.25) is 4.98 Å². The van der Waals surface area contributed by atoms with E-state index in [0.717, 1.165) is 48.4 Å². The van der Waals surface area contributed by atoms with Gasteiger partial charge in [0.05, 0.1) is 34.1 Å². The SMILES string of the molecule is Cc1cccc(C)c1-c1cc(OC[C@@H]2N[C@H](c3cnc4cc(C5(C(F)(F)F)CC5)n(C)c4n3)CCC[C@H]2CC2CC2)nc(NS(=O)(=O)c2cccc(C(=O)O)c2)n1. The van der Waals surface area contributed by atoms with Crippen molar-refractivity contribution in [2.45, 2.75) is 93.8 Å². The Kier molecular flexibility index (Phi) is 9.99. The highest BCUT2D eigenvalue weighted by Crippen LogP contribution is 2.59. The molecule has 4 heterocycles. The van der Waals surface area contributed by atoms with Gasteiger partial charge in [0.25, 0.3) is 10.0 Å². The number of hydrogen-bond donors (Lipinski definition) is 3. The molecule has 0 bridgehead atoms. The fourth-order valence-electron chi connectivity index (χ4n) is 8.31. The fraction of sp³-hybridized carbons (Fsp3) is 0.439. The number of aryl methyl sites for hydroxylation is 3. The third kappa shape index (κ3) is 7.81. The van der Waals surface area contributed by atoms with E-state index in [2.05, 4.69) is 25.0 Å². The van der Waals surface area contributed by atoms with Crippen molar-refractivity contribution < 1.29 is 36.2 Å². The molecule has 0 amide bonds. The van der Waals surface area contributed by atoms with Crippen molar-refractivity contribution >= 4 is 33.1 Å². The van der Waals surface area contributed by atoms with Gasteiger partial charge in [0.15, 0.2) is 5.65 Å². The summed E-state index contributed by atoms with van der Waals surface area (Å²) in [4.78, 5) is 29.9. The Hall–Kier alpha value is -5.09. The van der Waals surface area contributed by atoms with E-state index >= 15 is 0 Å². The number of aromatic nitrogens is 5. The van der Waals surface area contributed by atoms with Crippen molar-refractivity contribution in [3.05, 3.63) is 88.9 Å². The van der Waals surface area contributed by atoms with Crippen LogP contribution in [0.3, 0.4) is 0 Å². The minimum Gasteiger partial charge on any atom is -0.478 e. The molecule has 2 aromatic carbocycles. The number of carboxylic acid groups (broad SMARTS) is 1. The number of anilines is 1. The molecule has 3 fully saturated rings. The first-order valence-corrected chi connectivity index (χ1v) is 20.7. The maximum atomic E-state index is 14.1. The molecule has 8 rings (SSSR count). The smallest absolute Gasteiger partial charge is 0.399 e. The zero-order valence-electron chi connectivity index (χ0n) is 31.8. The minimum atomic E-state index is -4.35. The molecular formula is C41H44F3N7O5S. The Morgan fingerprint density at radius 1 is 1.02 bits per heavy atom. The van der Waals surface area contributed by atoms with Crippen LogP contribution in [0, 0.1) is 25.7 Å². The summed E-state index contributed by atoms with van der Waals surface area (Å²) in [6.07, 6.45) is 3.35. The molecule has 3 aromatic heterocycles. The van der Waals surface area contributed by atoms with Crippen LogP contribution in [0.2, 0.25) is 0 Å². The summed E-state index contributed by atoms with van der Waals surface area (Å²) in [7, 11) is -2.68. The number of sulfonamides is 1. The maximum Gasteiger partial charge on any atom is 0.399 e. The predicted molar refractivity (Wildman–Crippen MR) is 206 cm³/mol. The first kappa shape index (κ1) is 38.8. The molecule has 3 aliphatic rings. The molecule has 300 valence electrons. The van der Waals surface area contributed by atoms with Gasteiger partial charge >= 0.3 is 12.1 Å². The first-order valence-electron chi connectivity index (χ1n) is 19.2. The number of nitrogens with one attached hydrogen (secondary N) is 2. The number of rotatable bonds is 12. The summed E-state index contributed by atoms with van der Waals surface area (Å²) < 4.78 is 79.8. The standard InChI is InChI=1S/C41H44F3N7O5S/c1-23-7-4-8-24(2)36(23)30-20-35(49-39(48-30)50-57(54,55)28-11-5-10-27(18-28)38(52)53)56-22-33-26(17-25-13-14-25)9-6-12-29(46-33)32-21-45-31-19-34(51(3)37(31)47-32)40(15-16-40)41(42,43)44/h4-5,7-8,10-11,18-21,25-26,29,33,46H,6,9,12-17,22H2,1-3H3,(H,52,53)(H,48,49,50)/t26-,29-,33-/m0/s1. The Morgan fingerprint density at radius 3 is 2.44 bits per heavy atom. The second-order valence-corrected chi connectivity index (χ2v) is 17.5. The van der Waals surface area contributed by atoms with Crippen molar-refractivity contribution in [2.75, 3.05) is 11.3 Å². The van der Waals surface area contributed by atoms with E-state index in [4.69, 9.17) is 9.72 Å². The predicted octanol–water partition coefficient (Wildman–Crippen LogP) is 7.81. The van der Waals surface area contributed by atoms with Crippen molar-refractivity contribution in [3.63, 3.8) is 0 Å². The van der Waals surface area contributed by atoms with Crippen LogP contribution < -0.4 is 14.8 Å². The number of benzene rings is 2. The van der Waals surface area contributed by atoms with Crippen LogP contribution in [0.1, 0.15) is 90.3 Å². The number of halogens is 3. The van der Waals surface area contributed by atoms with Gasteiger partial charge in [-0.15, -0.1) is 0 Å². The quantitative estimate of drug-likeness (QED) is 0.113. The molecule has 0 spiro atoms. The van der Waals surface area contributed by atoms with E-state index in [-0.39, 0.29) is 65.4 Å². The van der Waals surface area contributed by atoms with Gasteiger partial charge in [0, 0.05) is 30.4 Å². The van der Waals surface area contributed by atoms with Crippen LogP contribution in [0.15, 0.2) is 65.7 Å². The topological polar surface area (TPSA) is 161 Å². The Morgan fingerprint density at radius 2 is 1.75 bits per heavy atom. The second-order valence-electron chi connectivity index (χ2n) is 15.8. The van der Waals surface area contributed by atoms with Crippen LogP contribution in [0.5, 0.6) is 5.88 Å². The molecule has 57 heavy (non-hydrogen) atoms. The van der Waals surface area contributed by atoms with Crippen molar-refractivity contribution in [1.82, 2.24) is 29.8 Å². The van der Waals surface area contributed by atoms with E-state index in [1.807, 2.05) is 32.0 Å². The van der Waals surface area contributed by atoms with E-state index in [0.29, 0.717) is 28.5 Å². The third-order valence-electron chi connectivity index (χ3n) is 11.7. The summed E-state index contributed by atoms with van der Waals surface area (Å²) >= 11 is 0. The summed E-state index contributed by atoms with van der Waals surface area (Å²) in [5.41, 5.74) is 2.69. The van der Waals surface area contributed by atoms with E-state index in [9.17, 15) is 31.5 Å². The third-order valence-corrected chi connectivity index (χ3v) is 13.1. The monoisotopic (exact) mass is 803 g/mol. The molecule has 0 unspecified atom stereocenters. The Labute approximate surface area is 328 Å². The van der Waals surface area contributed by atoms with Crippen LogP contribution >= 0.6 is 0 Å². The van der Waals surface area contributed by atoms with Crippen molar-refractivity contribution in [1.29, 1.82) is 0 Å². The van der Waals surface area contributed by atoms with Crippen LogP contribution in [0.4, 0.5) is 19.1 Å². The number of aromatic carboxylic acids is 1. The average molecular weight is 804 g/mol. The van der Waals surface area contributed by atoms with Crippen molar-refractivity contribution in [2.24, 2.45) is 18.9 Å². The highest BCUT2D eigenvalue weighted by molar-refractivity contribution is 7.92. The lowest BCUT2D eigenvalue weighted by molar-refractivity contribution is -0.162. The normalized spacial score (nSPS) is 20.9. The van der Waals surface area contributed by atoms with E-state index in [1.54, 1.807) is 19.3 Å². The summed E-state index contributed by atoms with van der Waals surface area (Å²) in [5, 5.41) is 13.2. The number of fused-ring (bicyclic) bond motifs is 1. The summed E-state index contributed by atoms with van der Waals surface area (Å²) in [5.74, 6) is -0.478. The molecule has 1 aliphatic heterocycles. The lowest BCUT2D eigenvalue weighted by Crippen LogP contribution is -2.42. The summed E-state index contributed by atoms with van der Waals surface area (Å²) in [6.45, 7) is 4.05. The lowest BCUT2D eigenvalue weighted by Gasteiger charge is -2.28. The highest BCUT2D eigenvalue weighted by atomic mass is 32.2.